The van der Waals surface area contributed by atoms with Crippen LogP contribution in [0.2, 0.25) is 0 Å². The molecule has 9 heteroatoms. The van der Waals surface area contributed by atoms with Crippen molar-refractivity contribution in [2.75, 3.05) is 23.3 Å². The fourth-order valence-electron chi connectivity index (χ4n) is 4.85. The Kier molecular flexibility index (Phi) is 5.82. The number of piperidine rings is 1. The van der Waals surface area contributed by atoms with Crippen molar-refractivity contribution in [2.45, 2.75) is 65.0 Å². The molecule has 5 rings (SSSR count). The zero-order valence-corrected chi connectivity index (χ0v) is 19.9. The lowest BCUT2D eigenvalue weighted by Gasteiger charge is -2.25. The number of carbonyl (C=O) groups is 1. The highest BCUT2D eigenvalue weighted by molar-refractivity contribution is 7.22. The van der Waals surface area contributed by atoms with E-state index in [4.69, 9.17) is 0 Å². The minimum atomic E-state index is -0.498. The smallest absolute Gasteiger partial charge is 0.333 e. The SMILES string of the molecule is CC(C)n1c(=O)c2sc(N3CCCCC3)nc2n(CC(=O)Nc2ccc3c(c2)CCC3)c1=O. The van der Waals surface area contributed by atoms with E-state index in [0.717, 1.165) is 56.0 Å². The Hall–Kier alpha value is -2.94. The maximum Gasteiger partial charge on any atom is 0.333 e. The number of hydrogen-bond donors (Lipinski definition) is 1. The second kappa shape index (κ2) is 8.78. The molecule has 0 radical (unpaired) electrons. The molecular formula is C24H29N5O3S. The lowest BCUT2D eigenvalue weighted by molar-refractivity contribution is -0.116. The number of nitrogens with zero attached hydrogens (tertiary/aromatic N) is 4. The summed E-state index contributed by atoms with van der Waals surface area (Å²) < 4.78 is 3.00. The van der Waals surface area contributed by atoms with E-state index < -0.39 is 5.69 Å². The Morgan fingerprint density at radius 3 is 2.61 bits per heavy atom. The first kappa shape index (κ1) is 21.9. The maximum atomic E-state index is 13.3. The van der Waals surface area contributed by atoms with E-state index in [0.29, 0.717) is 10.3 Å². The number of thiazole rings is 1. The van der Waals surface area contributed by atoms with E-state index in [1.807, 2.05) is 12.1 Å². The summed E-state index contributed by atoms with van der Waals surface area (Å²) in [6.45, 7) is 5.19. The largest absolute Gasteiger partial charge is 0.348 e. The number of fused-ring (bicyclic) bond motifs is 2. The van der Waals surface area contributed by atoms with Gasteiger partial charge in [-0.15, -0.1) is 0 Å². The fourth-order valence-corrected chi connectivity index (χ4v) is 5.91. The van der Waals surface area contributed by atoms with Crippen molar-refractivity contribution in [3.8, 4) is 0 Å². The van der Waals surface area contributed by atoms with Crippen LogP contribution in [0.15, 0.2) is 27.8 Å². The van der Waals surface area contributed by atoms with Crippen LogP contribution in [0.4, 0.5) is 10.8 Å². The van der Waals surface area contributed by atoms with Crippen molar-refractivity contribution in [1.29, 1.82) is 0 Å². The average molecular weight is 468 g/mol. The summed E-state index contributed by atoms with van der Waals surface area (Å²) in [7, 11) is 0. The third kappa shape index (κ3) is 4.10. The molecule has 2 aromatic heterocycles. The van der Waals surface area contributed by atoms with E-state index in [1.165, 1.54) is 38.0 Å². The predicted molar refractivity (Wildman–Crippen MR) is 132 cm³/mol. The van der Waals surface area contributed by atoms with Gasteiger partial charge in [-0.2, -0.15) is 0 Å². The minimum Gasteiger partial charge on any atom is -0.348 e. The van der Waals surface area contributed by atoms with Crippen LogP contribution in [-0.2, 0) is 24.2 Å². The van der Waals surface area contributed by atoms with Gasteiger partial charge in [0.15, 0.2) is 10.8 Å². The first-order valence-corrected chi connectivity index (χ1v) is 12.6. The van der Waals surface area contributed by atoms with Crippen molar-refractivity contribution < 1.29 is 4.79 Å². The Morgan fingerprint density at radius 2 is 1.85 bits per heavy atom. The Bertz CT molecular complexity index is 1330. The number of amides is 1. The van der Waals surface area contributed by atoms with Crippen LogP contribution < -0.4 is 21.5 Å². The first-order chi connectivity index (χ1) is 15.9. The van der Waals surface area contributed by atoms with Gasteiger partial charge in [0.1, 0.15) is 11.2 Å². The van der Waals surface area contributed by atoms with E-state index in [1.54, 1.807) is 13.8 Å². The van der Waals surface area contributed by atoms with Gasteiger partial charge in [-0.1, -0.05) is 17.4 Å². The molecule has 0 unspecified atom stereocenters. The number of hydrogen-bond acceptors (Lipinski definition) is 6. The topological polar surface area (TPSA) is 89.2 Å². The summed E-state index contributed by atoms with van der Waals surface area (Å²) in [5, 5.41) is 3.67. The summed E-state index contributed by atoms with van der Waals surface area (Å²) in [5.74, 6) is -0.308. The predicted octanol–water partition coefficient (Wildman–Crippen LogP) is 3.32. The molecule has 3 aromatic rings. The number of benzene rings is 1. The van der Waals surface area contributed by atoms with E-state index in [2.05, 4.69) is 21.3 Å². The molecule has 1 aliphatic heterocycles. The molecule has 1 aromatic carbocycles. The van der Waals surface area contributed by atoms with Crippen LogP contribution in [0.25, 0.3) is 10.3 Å². The molecule has 3 heterocycles. The van der Waals surface area contributed by atoms with Gasteiger partial charge in [-0.25, -0.2) is 9.78 Å². The van der Waals surface area contributed by atoms with Gasteiger partial charge in [0, 0.05) is 24.8 Å². The van der Waals surface area contributed by atoms with Gasteiger partial charge in [0.2, 0.25) is 5.91 Å². The summed E-state index contributed by atoms with van der Waals surface area (Å²) in [6.07, 6.45) is 6.60. The summed E-state index contributed by atoms with van der Waals surface area (Å²) >= 11 is 1.32. The molecule has 1 aliphatic carbocycles. The van der Waals surface area contributed by atoms with Crippen LogP contribution in [0, 0.1) is 0 Å². The Morgan fingerprint density at radius 1 is 1.09 bits per heavy atom. The molecule has 174 valence electrons. The number of aryl methyl sites for hydroxylation is 2. The highest BCUT2D eigenvalue weighted by Crippen LogP contribution is 2.29. The van der Waals surface area contributed by atoms with Crippen LogP contribution in [-0.4, -0.2) is 33.1 Å². The number of nitrogens with one attached hydrogen (secondary N) is 1. The van der Waals surface area contributed by atoms with Gasteiger partial charge >= 0.3 is 5.69 Å². The average Bonchev–Trinajstić information content (AvgIpc) is 3.44. The molecule has 8 nitrogen and oxygen atoms in total. The maximum absolute atomic E-state index is 13.3. The van der Waals surface area contributed by atoms with Crippen LogP contribution in [0.1, 0.15) is 56.7 Å². The van der Waals surface area contributed by atoms with Crippen molar-refractivity contribution >= 4 is 38.4 Å². The molecule has 1 fully saturated rings. The molecule has 0 atom stereocenters. The van der Waals surface area contributed by atoms with E-state index in [-0.39, 0.29) is 24.1 Å². The number of anilines is 2. The normalized spacial score (nSPS) is 15.9. The summed E-state index contributed by atoms with van der Waals surface area (Å²) in [5.41, 5.74) is 2.81. The van der Waals surface area contributed by atoms with Crippen molar-refractivity contribution in [1.82, 2.24) is 14.1 Å². The number of carbonyl (C=O) groups excluding carboxylic acids is 1. The second-order valence-corrected chi connectivity index (χ2v) is 10.2. The molecule has 0 saturated carbocycles. The molecule has 1 N–H and O–H groups in total. The standard InChI is InChI=1S/C24H29N5O3S/c1-15(2)29-22(31)20-21(26-23(33-20)27-11-4-3-5-12-27)28(24(29)32)14-19(30)25-18-10-9-16-7-6-8-17(16)13-18/h9-10,13,15H,3-8,11-12,14H2,1-2H3,(H,25,30). The van der Waals surface area contributed by atoms with E-state index in [9.17, 15) is 14.4 Å². The number of rotatable bonds is 5. The first-order valence-electron chi connectivity index (χ1n) is 11.7. The molecule has 1 saturated heterocycles. The quantitative estimate of drug-likeness (QED) is 0.622. The third-order valence-electron chi connectivity index (χ3n) is 6.53. The van der Waals surface area contributed by atoms with Crippen LogP contribution >= 0.6 is 11.3 Å². The zero-order valence-electron chi connectivity index (χ0n) is 19.1. The van der Waals surface area contributed by atoms with Gasteiger partial charge in [-0.3, -0.25) is 18.7 Å². The van der Waals surface area contributed by atoms with Crippen LogP contribution in [0.5, 0.6) is 0 Å². The lowest BCUT2D eigenvalue weighted by atomic mass is 10.1. The Balaban J connectivity index is 1.51. The van der Waals surface area contributed by atoms with Gasteiger partial charge in [-0.05, 0) is 75.6 Å². The highest BCUT2D eigenvalue weighted by atomic mass is 32.1. The molecule has 0 bridgehead atoms. The highest BCUT2D eigenvalue weighted by Gasteiger charge is 2.23. The minimum absolute atomic E-state index is 0.192. The van der Waals surface area contributed by atoms with Crippen LogP contribution in [0.3, 0.4) is 0 Å². The summed E-state index contributed by atoms with van der Waals surface area (Å²) in [4.78, 5) is 46.2. The molecule has 33 heavy (non-hydrogen) atoms. The van der Waals surface area contributed by atoms with Gasteiger partial charge in [0.25, 0.3) is 5.56 Å². The third-order valence-corrected chi connectivity index (χ3v) is 7.62. The molecule has 2 aliphatic rings. The lowest BCUT2D eigenvalue weighted by Crippen LogP contribution is -2.42. The second-order valence-electron chi connectivity index (χ2n) is 9.22. The molecule has 0 spiro atoms. The molecular weight excluding hydrogens is 438 g/mol. The fraction of sp³-hybridized carbons (Fsp3) is 0.500. The van der Waals surface area contributed by atoms with Crippen molar-refractivity contribution in [2.24, 2.45) is 0 Å². The van der Waals surface area contributed by atoms with Crippen molar-refractivity contribution in [3.63, 3.8) is 0 Å². The van der Waals surface area contributed by atoms with Crippen molar-refractivity contribution in [3.05, 3.63) is 50.2 Å². The molecule has 1 amide bonds. The Labute approximate surface area is 195 Å². The monoisotopic (exact) mass is 467 g/mol. The van der Waals surface area contributed by atoms with E-state index >= 15 is 0 Å². The summed E-state index contributed by atoms with van der Waals surface area (Å²) in [6, 6.07) is 5.67. The number of aromatic nitrogens is 3. The zero-order chi connectivity index (χ0) is 23.1. The van der Waals surface area contributed by atoms with Gasteiger partial charge < -0.3 is 10.2 Å². The van der Waals surface area contributed by atoms with Gasteiger partial charge in [0.05, 0.1) is 0 Å².